The molecule has 0 bridgehead atoms. The quantitative estimate of drug-likeness (QED) is 0.632. The van der Waals surface area contributed by atoms with Gasteiger partial charge >= 0.3 is 0 Å². The minimum absolute atomic E-state index is 0.130. The Morgan fingerprint density at radius 1 is 1.47 bits per heavy atom. The molecule has 2 aromatic heterocycles. The van der Waals surface area contributed by atoms with Gasteiger partial charge in [-0.1, -0.05) is 11.8 Å². The van der Waals surface area contributed by atoms with Gasteiger partial charge in [0.2, 0.25) is 0 Å². The van der Waals surface area contributed by atoms with Gasteiger partial charge in [0.05, 0.1) is 0 Å². The van der Waals surface area contributed by atoms with E-state index < -0.39 is 0 Å². The highest BCUT2D eigenvalue weighted by Crippen LogP contribution is 2.18. The lowest BCUT2D eigenvalue weighted by atomic mass is 10.3. The smallest absolute Gasteiger partial charge is 0.251 e. The Labute approximate surface area is 103 Å². The van der Waals surface area contributed by atoms with Crippen molar-refractivity contribution in [3.8, 4) is 0 Å². The minimum atomic E-state index is -0.130. The van der Waals surface area contributed by atoms with Gasteiger partial charge in [0.25, 0.3) is 5.56 Å². The highest BCUT2D eigenvalue weighted by atomic mass is 32.2. The number of anilines is 1. The van der Waals surface area contributed by atoms with Gasteiger partial charge in [-0.3, -0.25) is 4.79 Å². The van der Waals surface area contributed by atoms with Crippen LogP contribution in [-0.4, -0.2) is 15.0 Å². The fourth-order valence-electron chi connectivity index (χ4n) is 1.36. The molecule has 0 aliphatic carbocycles. The normalized spacial score (nSPS) is 10.4. The molecule has 3 N–H and O–H groups in total. The predicted molar refractivity (Wildman–Crippen MR) is 67.8 cm³/mol. The van der Waals surface area contributed by atoms with Gasteiger partial charge in [-0.2, -0.15) is 0 Å². The summed E-state index contributed by atoms with van der Waals surface area (Å²) in [7, 11) is 0. The maximum absolute atomic E-state index is 11.2. The Balaban J connectivity index is 2.09. The Morgan fingerprint density at radius 2 is 2.29 bits per heavy atom. The number of aryl methyl sites for hydroxylation is 1. The fraction of sp³-hybridized carbons (Fsp3) is 0.182. The summed E-state index contributed by atoms with van der Waals surface area (Å²) in [5.41, 5.74) is 7.21. The van der Waals surface area contributed by atoms with E-state index in [-0.39, 0.29) is 5.56 Å². The van der Waals surface area contributed by atoms with E-state index in [9.17, 15) is 4.79 Å². The van der Waals surface area contributed by atoms with E-state index in [1.54, 1.807) is 19.2 Å². The first kappa shape index (κ1) is 11.7. The van der Waals surface area contributed by atoms with Crippen LogP contribution in [0.2, 0.25) is 0 Å². The van der Waals surface area contributed by atoms with Crippen molar-refractivity contribution in [1.82, 2.24) is 15.0 Å². The van der Waals surface area contributed by atoms with Crippen LogP contribution in [-0.2, 0) is 5.75 Å². The second kappa shape index (κ2) is 5.01. The van der Waals surface area contributed by atoms with Crippen LogP contribution in [0.3, 0.4) is 0 Å². The summed E-state index contributed by atoms with van der Waals surface area (Å²) in [5.74, 6) is 1.19. The third-order valence-electron chi connectivity index (χ3n) is 2.07. The zero-order chi connectivity index (χ0) is 12.3. The number of thioether (sulfide) groups is 1. The number of hydrogen-bond donors (Lipinski definition) is 2. The van der Waals surface area contributed by atoms with Crippen molar-refractivity contribution in [2.24, 2.45) is 0 Å². The van der Waals surface area contributed by atoms with Crippen LogP contribution in [0.15, 0.2) is 34.3 Å². The zero-order valence-corrected chi connectivity index (χ0v) is 10.1. The lowest BCUT2D eigenvalue weighted by molar-refractivity contribution is 0.905. The summed E-state index contributed by atoms with van der Waals surface area (Å²) in [6.45, 7) is 1.80. The van der Waals surface area contributed by atoms with Crippen molar-refractivity contribution >= 4 is 17.6 Å². The molecule has 0 radical (unpaired) electrons. The molecular weight excluding hydrogens is 236 g/mol. The van der Waals surface area contributed by atoms with Gasteiger partial charge in [-0.05, 0) is 24.6 Å². The highest BCUT2D eigenvalue weighted by molar-refractivity contribution is 7.98. The number of hydrogen-bond acceptors (Lipinski definition) is 5. The molecule has 0 amide bonds. The molecule has 0 saturated carbocycles. The van der Waals surface area contributed by atoms with Crippen LogP contribution in [0, 0.1) is 6.92 Å². The van der Waals surface area contributed by atoms with Gasteiger partial charge in [-0.15, -0.1) is 0 Å². The van der Waals surface area contributed by atoms with Crippen molar-refractivity contribution in [3.05, 3.63) is 46.0 Å². The average Bonchev–Trinajstić information content (AvgIpc) is 2.25. The van der Waals surface area contributed by atoms with Crippen LogP contribution in [0.5, 0.6) is 0 Å². The summed E-state index contributed by atoms with van der Waals surface area (Å²) < 4.78 is 0. The topological polar surface area (TPSA) is 84.7 Å². The summed E-state index contributed by atoms with van der Waals surface area (Å²) in [6.07, 6.45) is 1.66. The maximum Gasteiger partial charge on any atom is 0.251 e. The van der Waals surface area contributed by atoms with Gasteiger partial charge in [0, 0.05) is 23.7 Å². The fourth-order valence-corrected chi connectivity index (χ4v) is 2.22. The number of nitrogens with one attached hydrogen (secondary N) is 1. The third kappa shape index (κ3) is 3.32. The SMILES string of the molecule is Cc1cc(=O)[nH]c(SCc2ccnc(N)c2)n1. The van der Waals surface area contributed by atoms with E-state index in [1.165, 1.54) is 17.8 Å². The Hall–Kier alpha value is -1.82. The molecule has 2 rings (SSSR count). The molecule has 0 aliphatic rings. The Bertz CT molecular complexity index is 582. The zero-order valence-electron chi connectivity index (χ0n) is 9.30. The summed E-state index contributed by atoms with van der Waals surface area (Å²) >= 11 is 1.46. The van der Waals surface area contributed by atoms with E-state index >= 15 is 0 Å². The standard InChI is InChI=1S/C11H12N4OS/c1-7-4-10(16)15-11(14-7)17-6-8-2-3-13-9(12)5-8/h2-5H,6H2,1H3,(H2,12,13)(H,14,15,16). The van der Waals surface area contributed by atoms with Crippen molar-refractivity contribution in [2.75, 3.05) is 5.73 Å². The van der Waals surface area contributed by atoms with Crippen LogP contribution < -0.4 is 11.3 Å². The highest BCUT2D eigenvalue weighted by Gasteiger charge is 2.01. The van der Waals surface area contributed by atoms with E-state index in [2.05, 4.69) is 15.0 Å². The number of H-pyrrole nitrogens is 1. The van der Waals surface area contributed by atoms with Gasteiger partial charge in [0.15, 0.2) is 5.16 Å². The molecule has 0 aromatic carbocycles. The molecule has 0 aliphatic heterocycles. The van der Waals surface area contributed by atoms with Gasteiger partial charge in [0.1, 0.15) is 5.82 Å². The first-order valence-electron chi connectivity index (χ1n) is 5.04. The molecule has 0 saturated heterocycles. The molecule has 17 heavy (non-hydrogen) atoms. The molecule has 88 valence electrons. The number of aromatic nitrogens is 3. The van der Waals surface area contributed by atoms with Crippen LogP contribution in [0.1, 0.15) is 11.3 Å². The minimum Gasteiger partial charge on any atom is -0.384 e. The average molecular weight is 248 g/mol. The maximum atomic E-state index is 11.2. The van der Waals surface area contributed by atoms with Gasteiger partial charge in [-0.25, -0.2) is 9.97 Å². The summed E-state index contributed by atoms with van der Waals surface area (Å²) in [4.78, 5) is 22.1. The number of rotatable bonds is 3. The largest absolute Gasteiger partial charge is 0.384 e. The second-order valence-electron chi connectivity index (χ2n) is 3.57. The molecule has 0 atom stereocenters. The first-order chi connectivity index (χ1) is 8.13. The molecule has 0 unspecified atom stereocenters. The van der Waals surface area contributed by atoms with Crippen molar-refractivity contribution in [2.45, 2.75) is 17.8 Å². The molecule has 0 fully saturated rings. The lowest BCUT2D eigenvalue weighted by Gasteiger charge is -2.02. The van der Waals surface area contributed by atoms with E-state index in [0.29, 0.717) is 22.4 Å². The monoisotopic (exact) mass is 248 g/mol. The Kier molecular flexibility index (Phi) is 3.43. The third-order valence-corrected chi connectivity index (χ3v) is 3.01. The first-order valence-corrected chi connectivity index (χ1v) is 6.03. The van der Waals surface area contributed by atoms with Crippen molar-refractivity contribution < 1.29 is 0 Å². The van der Waals surface area contributed by atoms with E-state index in [4.69, 9.17) is 5.73 Å². The van der Waals surface area contributed by atoms with Crippen LogP contribution in [0.25, 0.3) is 0 Å². The predicted octanol–water partition coefficient (Wildman–Crippen LogP) is 1.35. The number of nitrogens with zero attached hydrogens (tertiary/aromatic N) is 2. The Morgan fingerprint density at radius 3 is 3.00 bits per heavy atom. The number of aromatic amines is 1. The van der Waals surface area contributed by atoms with Crippen LogP contribution >= 0.6 is 11.8 Å². The molecular formula is C11H12N4OS. The van der Waals surface area contributed by atoms with Gasteiger partial charge < -0.3 is 10.7 Å². The van der Waals surface area contributed by atoms with E-state index in [1.807, 2.05) is 6.07 Å². The molecule has 5 nitrogen and oxygen atoms in total. The summed E-state index contributed by atoms with van der Waals surface area (Å²) in [5, 5.41) is 0.616. The second-order valence-corrected chi connectivity index (χ2v) is 4.53. The molecule has 2 aromatic rings. The molecule has 6 heteroatoms. The number of nitrogens with two attached hydrogens (primary N) is 1. The van der Waals surface area contributed by atoms with Crippen LogP contribution in [0.4, 0.5) is 5.82 Å². The number of nitrogen functional groups attached to an aromatic ring is 1. The molecule has 2 heterocycles. The van der Waals surface area contributed by atoms with Crippen molar-refractivity contribution in [1.29, 1.82) is 0 Å². The van der Waals surface area contributed by atoms with E-state index in [0.717, 1.165) is 5.56 Å². The number of pyridine rings is 1. The summed E-state index contributed by atoms with van der Waals surface area (Å²) in [6, 6.07) is 5.16. The lowest BCUT2D eigenvalue weighted by Crippen LogP contribution is -2.08. The van der Waals surface area contributed by atoms with Crippen molar-refractivity contribution in [3.63, 3.8) is 0 Å². The molecule has 0 spiro atoms.